The molecule has 1 fully saturated rings. The van der Waals surface area contributed by atoms with Gasteiger partial charge in [-0.3, -0.25) is 0 Å². The van der Waals surface area contributed by atoms with E-state index in [4.69, 9.17) is 0 Å². The van der Waals surface area contributed by atoms with Gasteiger partial charge in [-0.15, -0.1) is 0 Å². The molecule has 0 nitrogen and oxygen atoms in total. The lowest BCUT2D eigenvalue weighted by Crippen LogP contribution is -2.10. The summed E-state index contributed by atoms with van der Waals surface area (Å²) < 4.78 is 0. The predicted molar refractivity (Wildman–Crippen MR) is 106 cm³/mol. The number of rotatable bonds is 1. The molecule has 1 aliphatic rings. The predicted octanol–water partition coefficient (Wildman–Crippen LogP) is 6.55. The van der Waals surface area contributed by atoms with Crippen LogP contribution in [-0.2, 0) is 0 Å². The zero-order chi connectivity index (χ0) is 17.1. The van der Waals surface area contributed by atoms with E-state index in [0.29, 0.717) is 0 Å². The summed E-state index contributed by atoms with van der Waals surface area (Å²) >= 11 is 0. The molecule has 3 rings (SSSR count). The van der Waals surface area contributed by atoms with E-state index in [1.165, 1.54) is 47.9 Å². The summed E-state index contributed by atoms with van der Waals surface area (Å²) in [7, 11) is 0. The van der Waals surface area contributed by atoms with Crippen molar-refractivity contribution in [3.8, 4) is 11.8 Å². The van der Waals surface area contributed by atoms with E-state index >= 15 is 0 Å². The largest absolute Gasteiger partial charge is 0.0625 e. The Kier molecular flexibility index (Phi) is 5.10. The maximum atomic E-state index is 3.32. The molecule has 1 aliphatic carbocycles. The molecular weight excluding hydrogens is 288 g/mol. The van der Waals surface area contributed by atoms with Crippen LogP contribution in [0.1, 0.15) is 73.3 Å². The van der Waals surface area contributed by atoms with Crippen molar-refractivity contribution in [3.05, 3.63) is 69.8 Å². The Morgan fingerprint density at radius 1 is 0.792 bits per heavy atom. The van der Waals surface area contributed by atoms with Crippen molar-refractivity contribution in [3.63, 3.8) is 0 Å². The first kappa shape index (κ1) is 16.8. The van der Waals surface area contributed by atoms with Gasteiger partial charge in [0.2, 0.25) is 0 Å². The highest BCUT2D eigenvalue weighted by Gasteiger charge is 2.19. The maximum absolute atomic E-state index is 3.32. The van der Waals surface area contributed by atoms with Gasteiger partial charge in [-0.1, -0.05) is 43.7 Å². The fourth-order valence-corrected chi connectivity index (χ4v) is 3.68. The molecule has 1 saturated carbocycles. The molecule has 0 unspecified atom stereocenters. The molecule has 2 aromatic carbocycles. The molecule has 0 amide bonds. The van der Waals surface area contributed by atoms with Crippen LogP contribution in [0.4, 0.5) is 0 Å². The van der Waals surface area contributed by atoms with Crippen LogP contribution >= 0.6 is 0 Å². The SMILES string of the molecule is Cc1cc(C#Cc2ccc(C3CCC(C)CC3)cc2)cc(C)c1C.[HH]. The minimum absolute atomic E-state index is 0. The molecule has 0 heteroatoms. The average molecular weight is 319 g/mol. The van der Waals surface area contributed by atoms with Crippen LogP contribution in [0.15, 0.2) is 36.4 Å². The fraction of sp³-hybridized carbons (Fsp3) is 0.417. The minimum Gasteiger partial charge on any atom is -0.0625 e. The number of benzene rings is 2. The van der Waals surface area contributed by atoms with Crippen LogP contribution in [0.3, 0.4) is 0 Å². The Morgan fingerprint density at radius 2 is 1.33 bits per heavy atom. The first-order valence-corrected chi connectivity index (χ1v) is 9.23. The Labute approximate surface area is 148 Å². The second kappa shape index (κ2) is 7.27. The molecule has 2 aromatic rings. The van der Waals surface area contributed by atoms with Crippen molar-refractivity contribution in [2.45, 2.75) is 59.3 Å². The number of hydrogen-bond acceptors (Lipinski definition) is 0. The second-order valence-corrected chi connectivity index (χ2v) is 7.56. The topological polar surface area (TPSA) is 0 Å². The summed E-state index contributed by atoms with van der Waals surface area (Å²) in [6, 6.07) is 13.3. The van der Waals surface area contributed by atoms with Gasteiger partial charge in [0.25, 0.3) is 0 Å². The molecule has 0 aromatic heterocycles. The van der Waals surface area contributed by atoms with Gasteiger partial charge in [-0.25, -0.2) is 0 Å². The lowest BCUT2D eigenvalue weighted by molar-refractivity contribution is 0.348. The van der Waals surface area contributed by atoms with E-state index in [1.807, 2.05) is 0 Å². The van der Waals surface area contributed by atoms with E-state index in [-0.39, 0.29) is 1.43 Å². The molecule has 0 spiro atoms. The van der Waals surface area contributed by atoms with E-state index in [1.54, 1.807) is 0 Å². The molecular formula is C24H30. The second-order valence-electron chi connectivity index (χ2n) is 7.56. The third-order valence-corrected chi connectivity index (χ3v) is 5.68. The van der Waals surface area contributed by atoms with Crippen LogP contribution in [0.5, 0.6) is 0 Å². The van der Waals surface area contributed by atoms with Crippen LogP contribution in [0, 0.1) is 38.5 Å². The van der Waals surface area contributed by atoms with Crippen molar-refractivity contribution >= 4 is 0 Å². The van der Waals surface area contributed by atoms with Gasteiger partial charge in [0.05, 0.1) is 0 Å². The minimum atomic E-state index is 0. The molecule has 0 heterocycles. The number of aryl methyl sites for hydroxylation is 2. The molecule has 0 N–H and O–H groups in total. The Hall–Kier alpha value is -2.00. The quantitative estimate of drug-likeness (QED) is 0.523. The van der Waals surface area contributed by atoms with Gasteiger partial charge in [0, 0.05) is 12.6 Å². The Morgan fingerprint density at radius 3 is 1.92 bits per heavy atom. The van der Waals surface area contributed by atoms with E-state index < -0.39 is 0 Å². The summed E-state index contributed by atoms with van der Waals surface area (Å²) in [5, 5.41) is 0. The summed E-state index contributed by atoms with van der Waals surface area (Å²) in [6.07, 6.45) is 5.43. The molecule has 0 saturated heterocycles. The fourth-order valence-electron chi connectivity index (χ4n) is 3.68. The van der Waals surface area contributed by atoms with Crippen LogP contribution in [0.2, 0.25) is 0 Å². The molecule has 0 atom stereocenters. The molecule has 24 heavy (non-hydrogen) atoms. The van der Waals surface area contributed by atoms with Gasteiger partial charge >= 0.3 is 0 Å². The zero-order valence-electron chi connectivity index (χ0n) is 15.4. The van der Waals surface area contributed by atoms with Gasteiger partial charge in [-0.2, -0.15) is 0 Å². The molecule has 0 radical (unpaired) electrons. The summed E-state index contributed by atoms with van der Waals surface area (Å²) in [5.41, 5.74) is 7.73. The monoisotopic (exact) mass is 318 g/mol. The smallest absolute Gasteiger partial charge is 0.0254 e. The van der Waals surface area contributed by atoms with E-state index in [9.17, 15) is 0 Å². The first-order valence-electron chi connectivity index (χ1n) is 9.23. The number of hydrogen-bond donors (Lipinski definition) is 0. The normalized spacial score (nSPS) is 20.3. The molecule has 0 bridgehead atoms. The maximum Gasteiger partial charge on any atom is 0.0254 e. The highest BCUT2D eigenvalue weighted by Crippen LogP contribution is 2.35. The Balaban J connectivity index is 0.00000225. The highest BCUT2D eigenvalue weighted by atomic mass is 14.2. The van der Waals surface area contributed by atoms with Crippen molar-refractivity contribution in [1.82, 2.24) is 0 Å². The third-order valence-electron chi connectivity index (χ3n) is 5.68. The summed E-state index contributed by atoms with van der Waals surface area (Å²) in [6.45, 7) is 8.87. The van der Waals surface area contributed by atoms with Crippen molar-refractivity contribution in [2.24, 2.45) is 5.92 Å². The standard InChI is InChI=1S/C24H28.H2/c1-17-5-11-23(12-6-17)24-13-9-21(10-14-24)7-8-22-15-18(2)20(4)19(3)16-22;/h9-10,13-17,23H,5-6,11-12H2,1-4H3;1H. The van der Waals surface area contributed by atoms with Crippen molar-refractivity contribution in [1.29, 1.82) is 0 Å². The van der Waals surface area contributed by atoms with Gasteiger partial charge < -0.3 is 0 Å². The average Bonchev–Trinajstić information content (AvgIpc) is 2.59. The van der Waals surface area contributed by atoms with Crippen LogP contribution < -0.4 is 0 Å². The summed E-state index contributed by atoms with van der Waals surface area (Å²) in [4.78, 5) is 0. The van der Waals surface area contributed by atoms with Gasteiger partial charge in [0.15, 0.2) is 0 Å². The van der Waals surface area contributed by atoms with Crippen molar-refractivity contribution in [2.75, 3.05) is 0 Å². The van der Waals surface area contributed by atoms with E-state index in [2.05, 4.69) is 75.9 Å². The molecule has 126 valence electrons. The first-order chi connectivity index (χ1) is 11.5. The Bertz CT molecular complexity index is 743. The van der Waals surface area contributed by atoms with Gasteiger partial charge in [0.1, 0.15) is 0 Å². The zero-order valence-corrected chi connectivity index (χ0v) is 15.4. The van der Waals surface area contributed by atoms with Crippen molar-refractivity contribution < 1.29 is 1.43 Å². The third kappa shape index (κ3) is 3.90. The lowest BCUT2D eigenvalue weighted by atomic mass is 9.79. The lowest BCUT2D eigenvalue weighted by Gasteiger charge is -2.26. The van der Waals surface area contributed by atoms with Gasteiger partial charge in [-0.05, 0) is 92.0 Å². The van der Waals surface area contributed by atoms with Crippen LogP contribution in [-0.4, -0.2) is 0 Å². The molecule has 0 aliphatic heterocycles. The highest BCUT2D eigenvalue weighted by molar-refractivity contribution is 5.48. The van der Waals surface area contributed by atoms with Crippen LogP contribution in [0.25, 0.3) is 0 Å². The van der Waals surface area contributed by atoms with E-state index in [0.717, 1.165) is 23.0 Å². The summed E-state index contributed by atoms with van der Waals surface area (Å²) in [5.74, 6) is 8.31.